The lowest BCUT2D eigenvalue weighted by atomic mass is 9.81. The molecule has 0 spiro atoms. The highest BCUT2D eigenvalue weighted by Crippen LogP contribution is 2.30. The Morgan fingerprint density at radius 1 is 0.923 bits per heavy atom. The average molecular weight is 362 g/mol. The summed E-state index contributed by atoms with van der Waals surface area (Å²) in [4.78, 5) is 39.5. The Hall–Kier alpha value is -2.44. The van der Waals surface area contributed by atoms with Gasteiger partial charge in [0.25, 0.3) is 5.91 Å². The van der Waals surface area contributed by atoms with E-state index in [4.69, 9.17) is 5.11 Å². The van der Waals surface area contributed by atoms with Crippen molar-refractivity contribution in [3.8, 4) is 0 Å². The summed E-state index contributed by atoms with van der Waals surface area (Å²) in [5, 5.41) is 9.05. The van der Waals surface area contributed by atoms with Gasteiger partial charge in [-0.25, -0.2) is 4.39 Å². The van der Waals surface area contributed by atoms with Gasteiger partial charge in [0.1, 0.15) is 5.82 Å². The van der Waals surface area contributed by atoms with E-state index < -0.39 is 11.8 Å². The van der Waals surface area contributed by atoms with E-state index in [2.05, 4.69) is 0 Å². The molecule has 1 N–H and O–H groups in total. The Morgan fingerprint density at radius 2 is 1.50 bits per heavy atom. The molecule has 6 nitrogen and oxygen atoms in total. The molecule has 0 atom stereocenters. The molecule has 2 aliphatic rings. The largest absolute Gasteiger partial charge is 0.481 e. The minimum absolute atomic E-state index is 0.0618. The van der Waals surface area contributed by atoms with Crippen molar-refractivity contribution in [2.24, 2.45) is 11.8 Å². The normalized spacial score (nSPS) is 23.6. The van der Waals surface area contributed by atoms with Gasteiger partial charge in [0.15, 0.2) is 0 Å². The highest BCUT2D eigenvalue weighted by Gasteiger charge is 2.33. The topological polar surface area (TPSA) is 77.9 Å². The van der Waals surface area contributed by atoms with Crippen molar-refractivity contribution in [3.05, 3.63) is 35.6 Å². The van der Waals surface area contributed by atoms with E-state index in [1.807, 2.05) is 0 Å². The molecule has 26 heavy (non-hydrogen) atoms. The van der Waals surface area contributed by atoms with Crippen LogP contribution >= 0.6 is 0 Å². The first-order valence-corrected chi connectivity index (χ1v) is 9.02. The van der Waals surface area contributed by atoms with Gasteiger partial charge in [-0.15, -0.1) is 0 Å². The third kappa shape index (κ3) is 4.03. The van der Waals surface area contributed by atoms with Crippen LogP contribution in [0.1, 0.15) is 36.0 Å². The lowest BCUT2D eigenvalue weighted by molar-refractivity contribution is -0.146. The van der Waals surface area contributed by atoms with Crippen molar-refractivity contribution in [1.82, 2.24) is 9.80 Å². The average Bonchev–Trinajstić information content (AvgIpc) is 2.67. The van der Waals surface area contributed by atoms with Crippen molar-refractivity contribution < 1.29 is 23.9 Å². The summed E-state index contributed by atoms with van der Waals surface area (Å²) in [6, 6.07) is 5.62. The molecule has 1 saturated heterocycles. The van der Waals surface area contributed by atoms with Gasteiger partial charge in [-0.05, 0) is 43.9 Å². The molecule has 7 heteroatoms. The SMILES string of the molecule is O=C(O)C1CCC(C(=O)N2CCN(C(=O)c3cccc(F)c3)CC2)CC1. The van der Waals surface area contributed by atoms with Crippen molar-refractivity contribution in [3.63, 3.8) is 0 Å². The van der Waals surface area contributed by atoms with Crippen LogP contribution in [-0.2, 0) is 9.59 Å². The standard InChI is InChI=1S/C19H23FN2O4/c20-16-3-1-2-15(12-16)18(24)22-10-8-21(9-11-22)17(23)13-4-6-14(7-5-13)19(25)26/h1-3,12-14H,4-11H2,(H,25,26). The first-order chi connectivity index (χ1) is 12.5. The van der Waals surface area contributed by atoms with Gasteiger partial charge in [0.05, 0.1) is 5.92 Å². The molecule has 0 bridgehead atoms. The second kappa shape index (κ2) is 7.85. The Morgan fingerprint density at radius 3 is 2.08 bits per heavy atom. The lowest BCUT2D eigenvalue weighted by Crippen LogP contribution is -2.52. The summed E-state index contributed by atoms with van der Waals surface area (Å²) in [6.07, 6.45) is 2.31. The zero-order chi connectivity index (χ0) is 18.7. The maximum Gasteiger partial charge on any atom is 0.306 e. The van der Waals surface area contributed by atoms with Gasteiger partial charge in [-0.3, -0.25) is 14.4 Å². The summed E-state index contributed by atoms with van der Waals surface area (Å²) < 4.78 is 13.3. The summed E-state index contributed by atoms with van der Waals surface area (Å²) in [5.74, 6) is -1.83. The minimum atomic E-state index is -0.777. The van der Waals surface area contributed by atoms with Crippen molar-refractivity contribution in [1.29, 1.82) is 0 Å². The van der Waals surface area contributed by atoms with Crippen LogP contribution in [0.4, 0.5) is 4.39 Å². The molecular weight excluding hydrogens is 339 g/mol. The first-order valence-electron chi connectivity index (χ1n) is 9.02. The number of carbonyl (C=O) groups is 3. The summed E-state index contributed by atoms with van der Waals surface area (Å²) in [6.45, 7) is 1.76. The number of halogens is 1. The number of piperazine rings is 1. The Balaban J connectivity index is 1.51. The Bertz CT molecular complexity index is 693. The predicted molar refractivity (Wildman–Crippen MR) is 92.0 cm³/mol. The summed E-state index contributed by atoms with van der Waals surface area (Å²) in [5.41, 5.74) is 0.316. The van der Waals surface area contributed by atoms with Crippen molar-refractivity contribution in [2.75, 3.05) is 26.2 Å². The number of benzene rings is 1. The molecule has 1 saturated carbocycles. The molecule has 1 aliphatic heterocycles. The molecule has 140 valence electrons. The molecule has 3 rings (SSSR count). The molecule has 1 aromatic carbocycles. The first kappa shape index (κ1) is 18.4. The van der Waals surface area contributed by atoms with E-state index in [0.717, 1.165) is 0 Å². The monoisotopic (exact) mass is 362 g/mol. The van der Waals surface area contributed by atoms with Gasteiger partial charge in [0, 0.05) is 37.7 Å². The maximum atomic E-state index is 13.3. The smallest absolute Gasteiger partial charge is 0.306 e. The third-order valence-electron chi connectivity index (χ3n) is 5.38. The minimum Gasteiger partial charge on any atom is -0.481 e. The van der Waals surface area contributed by atoms with Gasteiger partial charge < -0.3 is 14.9 Å². The van der Waals surface area contributed by atoms with Crippen LogP contribution in [-0.4, -0.2) is 58.9 Å². The molecule has 0 unspecified atom stereocenters. The molecule has 0 radical (unpaired) electrons. The highest BCUT2D eigenvalue weighted by atomic mass is 19.1. The van der Waals surface area contributed by atoms with E-state index >= 15 is 0 Å². The number of nitrogens with zero attached hydrogens (tertiary/aromatic N) is 2. The fourth-order valence-electron chi connectivity index (χ4n) is 3.78. The van der Waals surface area contributed by atoms with Gasteiger partial charge >= 0.3 is 5.97 Å². The second-order valence-corrected chi connectivity index (χ2v) is 7.01. The number of carboxylic acid groups (broad SMARTS) is 1. The van der Waals surface area contributed by atoms with E-state index in [1.54, 1.807) is 15.9 Å². The van der Waals surface area contributed by atoms with E-state index in [-0.39, 0.29) is 23.7 Å². The van der Waals surface area contributed by atoms with Crippen molar-refractivity contribution >= 4 is 17.8 Å². The van der Waals surface area contributed by atoms with Crippen LogP contribution in [0, 0.1) is 17.7 Å². The van der Waals surface area contributed by atoms with Gasteiger partial charge in [-0.2, -0.15) is 0 Å². The van der Waals surface area contributed by atoms with Gasteiger partial charge in [0.2, 0.25) is 5.91 Å². The fraction of sp³-hybridized carbons (Fsp3) is 0.526. The number of carboxylic acids is 1. The van der Waals surface area contributed by atoms with Crippen molar-refractivity contribution in [2.45, 2.75) is 25.7 Å². The van der Waals surface area contributed by atoms with Crippen LogP contribution in [0.5, 0.6) is 0 Å². The molecule has 1 aromatic rings. The van der Waals surface area contributed by atoms with Crippen LogP contribution in [0.3, 0.4) is 0 Å². The molecular formula is C19H23FN2O4. The number of amides is 2. The van der Waals surface area contributed by atoms with E-state index in [0.29, 0.717) is 57.4 Å². The molecule has 1 heterocycles. The van der Waals surface area contributed by atoms with E-state index in [1.165, 1.54) is 18.2 Å². The maximum absolute atomic E-state index is 13.3. The quantitative estimate of drug-likeness (QED) is 0.892. The fourth-order valence-corrected chi connectivity index (χ4v) is 3.78. The molecule has 2 fully saturated rings. The number of carbonyl (C=O) groups excluding carboxylic acids is 2. The van der Waals surface area contributed by atoms with Crippen LogP contribution < -0.4 is 0 Å². The molecule has 1 aliphatic carbocycles. The second-order valence-electron chi connectivity index (χ2n) is 7.01. The molecule has 0 aromatic heterocycles. The Kier molecular flexibility index (Phi) is 5.54. The highest BCUT2D eigenvalue weighted by molar-refractivity contribution is 5.94. The van der Waals surface area contributed by atoms with Crippen LogP contribution in [0.2, 0.25) is 0 Å². The number of aliphatic carboxylic acids is 1. The third-order valence-corrected chi connectivity index (χ3v) is 5.38. The van der Waals surface area contributed by atoms with E-state index in [9.17, 15) is 18.8 Å². The lowest BCUT2D eigenvalue weighted by Gasteiger charge is -2.37. The molecule has 2 amide bonds. The number of rotatable bonds is 3. The Labute approximate surface area is 151 Å². The predicted octanol–water partition coefficient (Wildman–Crippen LogP) is 2.00. The van der Waals surface area contributed by atoms with Crippen LogP contribution in [0.25, 0.3) is 0 Å². The van der Waals surface area contributed by atoms with Gasteiger partial charge in [-0.1, -0.05) is 6.07 Å². The zero-order valence-corrected chi connectivity index (χ0v) is 14.6. The van der Waals surface area contributed by atoms with Crippen LogP contribution in [0.15, 0.2) is 24.3 Å². The zero-order valence-electron chi connectivity index (χ0n) is 14.6. The summed E-state index contributed by atoms with van der Waals surface area (Å²) >= 11 is 0. The summed E-state index contributed by atoms with van der Waals surface area (Å²) in [7, 11) is 0. The number of hydrogen-bond donors (Lipinski definition) is 1. The number of hydrogen-bond acceptors (Lipinski definition) is 3.